The Morgan fingerprint density at radius 2 is 2.00 bits per heavy atom. The first-order valence-corrected chi connectivity index (χ1v) is 8.30. The molecule has 114 valence electrons. The zero-order valence-electron chi connectivity index (χ0n) is 13.1. The van der Waals surface area contributed by atoms with E-state index in [9.17, 15) is 4.79 Å². The van der Waals surface area contributed by atoms with E-state index in [1.165, 1.54) is 31.2 Å². The highest BCUT2D eigenvalue weighted by Crippen LogP contribution is 2.33. The zero-order valence-corrected chi connectivity index (χ0v) is 13.1. The lowest BCUT2D eigenvalue weighted by atomic mass is 9.89. The first-order chi connectivity index (χ1) is 10.2. The molecule has 0 radical (unpaired) electrons. The number of amides is 1. The van der Waals surface area contributed by atoms with Gasteiger partial charge in [0.25, 0.3) is 0 Å². The van der Waals surface area contributed by atoms with Gasteiger partial charge in [0.2, 0.25) is 5.91 Å². The fraction of sp³-hybridized carbons (Fsp3) is 0.611. The molecular weight excluding hydrogens is 260 g/mol. The van der Waals surface area contributed by atoms with E-state index in [-0.39, 0.29) is 5.91 Å². The molecule has 0 spiro atoms. The number of hydrogen-bond acceptors (Lipinski definition) is 2. The molecule has 2 aliphatic heterocycles. The molecule has 0 saturated carbocycles. The van der Waals surface area contributed by atoms with Crippen LogP contribution < -0.4 is 10.6 Å². The molecule has 3 heteroatoms. The number of para-hydroxylation sites is 1. The van der Waals surface area contributed by atoms with Crippen LogP contribution in [0.25, 0.3) is 0 Å². The molecule has 0 aliphatic carbocycles. The second-order valence-electron chi connectivity index (χ2n) is 6.69. The maximum Gasteiger partial charge on any atom is 0.224 e. The van der Waals surface area contributed by atoms with Crippen molar-refractivity contribution in [3.05, 3.63) is 29.3 Å². The van der Waals surface area contributed by atoms with Gasteiger partial charge in [0.05, 0.1) is 0 Å². The lowest BCUT2D eigenvalue weighted by Gasteiger charge is -2.28. The summed E-state index contributed by atoms with van der Waals surface area (Å²) in [5.41, 5.74) is 3.42. The van der Waals surface area contributed by atoms with Crippen molar-refractivity contribution in [3.63, 3.8) is 0 Å². The highest BCUT2D eigenvalue weighted by atomic mass is 16.1. The highest BCUT2D eigenvalue weighted by Gasteiger charge is 2.34. The van der Waals surface area contributed by atoms with E-state index in [1.807, 2.05) is 0 Å². The van der Waals surface area contributed by atoms with E-state index < -0.39 is 0 Å². The van der Waals surface area contributed by atoms with Crippen molar-refractivity contribution in [1.29, 1.82) is 0 Å². The molecule has 1 aromatic rings. The second-order valence-corrected chi connectivity index (χ2v) is 6.69. The Morgan fingerprint density at radius 1 is 1.29 bits per heavy atom. The quantitative estimate of drug-likeness (QED) is 0.890. The number of rotatable bonds is 4. The van der Waals surface area contributed by atoms with Gasteiger partial charge in [-0.25, -0.2) is 0 Å². The van der Waals surface area contributed by atoms with Gasteiger partial charge < -0.3 is 10.6 Å². The third-order valence-electron chi connectivity index (χ3n) is 5.05. The lowest BCUT2D eigenvalue weighted by Crippen LogP contribution is -2.39. The molecule has 2 N–H and O–H groups in total. The Kier molecular flexibility index (Phi) is 4.29. The van der Waals surface area contributed by atoms with Crippen molar-refractivity contribution in [1.82, 2.24) is 5.32 Å². The summed E-state index contributed by atoms with van der Waals surface area (Å²) in [6.07, 6.45) is 6.54. The summed E-state index contributed by atoms with van der Waals surface area (Å²) in [7, 11) is 0. The summed E-state index contributed by atoms with van der Waals surface area (Å²) in [5.74, 6) is 0.739. The van der Waals surface area contributed by atoms with Crippen LogP contribution in [0.3, 0.4) is 0 Å². The minimum atomic E-state index is 0.185. The summed E-state index contributed by atoms with van der Waals surface area (Å²) in [6.45, 7) is 4.20. The standard InChI is InChI=1S/C18H26N2O/c1-3-14-6-4-5-12(2)18(14)20-17(21)11-13-9-15-7-8-16(10-13)19-15/h4-6,13,15-16,19H,3,7-11H2,1-2H3,(H,20,21). The Morgan fingerprint density at radius 3 is 2.67 bits per heavy atom. The van der Waals surface area contributed by atoms with E-state index >= 15 is 0 Å². The average Bonchev–Trinajstić information content (AvgIpc) is 2.80. The van der Waals surface area contributed by atoms with Gasteiger partial charge in [0.15, 0.2) is 0 Å². The van der Waals surface area contributed by atoms with Gasteiger partial charge in [-0.2, -0.15) is 0 Å². The maximum absolute atomic E-state index is 12.4. The van der Waals surface area contributed by atoms with E-state index in [0.29, 0.717) is 24.4 Å². The van der Waals surface area contributed by atoms with E-state index in [4.69, 9.17) is 0 Å². The molecule has 1 aromatic carbocycles. The SMILES string of the molecule is CCc1cccc(C)c1NC(=O)CC1CC2CCC(C1)N2. The van der Waals surface area contributed by atoms with Crippen LogP contribution in [0.5, 0.6) is 0 Å². The monoisotopic (exact) mass is 286 g/mol. The van der Waals surface area contributed by atoms with Crippen LogP contribution in [0.1, 0.15) is 50.2 Å². The van der Waals surface area contributed by atoms with Crippen LogP contribution >= 0.6 is 0 Å². The molecule has 2 unspecified atom stereocenters. The second kappa shape index (κ2) is 6.18. The predicted octanol–water partition coefficient (Wildman–Crippen LogP) is 3.42. The fourth-order valence-electron chi connectivity index (χ4n) is 4.00. The number of nitrogens with one attached hydrogen (secondary N) is 2. The first kappa shape index (κ1) is 14.6. The Balaban J connectivity index is 1.62. The molecule has 21 heavy (non-hydrogen) atoms. The van der Waals surface area contributed by atoms with Crippen molar-refractivity contribution < 1.29 is 4.79 Å². The van der Waals surface area contributed by atoms with Crippen molar-refractivity contribution in [2.45, 2.75) is 64.5 Å². The van der Waals surface area contributed by atoms with Crippen LogP contribution in [-0.4, -0.2) is 18.0 Å². The molecule has 3 rings (SSSR count). The van der Waals surface area contributed by atoms with Crippen LogP contribution in [0.2, 0.25) is 0 Å². The number of fused-ring (bicyclic) bond motifs is 2. The smallest absolute Gasteiger partial charge is 0.224 e. The summed E-state index contributed by atoms with van der Waals surface area (Å²) < 4.78 is 0. The van der Waals surface area contributed by atoms with Gasteiger partial charge in [-0.1, -0.05) is 25.1 Å². The summed E-state index contributed by atoms with van der Waals surface area (Å²) in [5, 5.41) is 6.81. The molecule has 3 nitrogen and oxygen atoms in total. The third kappa shape index (κ3) is 3.29. The Hall–Kier alpha value is -1.35. The third-order valence-corrected chi connectivity index (χ3v) is 5.05. The maximum atomic E-state index is 12.4. The van der Waals surface area contributed by atoms with Gasteiger partial charge in [-0.05, 0) is 56.1 Å². The number of hydrogen-bond donors (Lipinski definition) is 2. The lowest BCUT2D eigenvalue weighted by molar-refractivity contribution is -0.117. The normalized spacial score (nSPS) is 27.6. The predicted molar refractivity (Wildman–Crippen MR) is 86.5 cm³/mol. The number of aryl methyl sites for hydroxylation is 2. The molecule has 2 fully saturated rings. The average molecular weight is 286 g/mol. The van der Waals surface area contributed by atoms with Gasteiger partial charge in [-0.3, -0.25) is 4.79 Å². The van der Waals surface area contributed by atoms with Crippen LogP contribution in [-0.2, 0) is 11.2 Å². The van der Waals surface area contributed by atoms with Crippen molar-refractivity contribution in [2.24, 2.45) is 5.92 Å². The minimum Gasteiger partial charge on any atom is -0.326 e. The number of piperidine rings is 1. The van der Waals surface area contributed by atoms with Crippen molar-refractivity contribution in [3.8, 4) is 0 Å². The van der Waals surface area contributed by atoms with Crippen LogP contribution in [0.15, 0.2) is 18.2 Å². The van der Waals surface area contributed by atoms with Crippen molar-refractivity contribution in [2.75, 3.05) is 5.32 Å². The summed E-state index contributed by atoms with van der Waals surface area (Å²) in [6, 6.07) is 7.55. The Labute approximate surface area is 127 Å². The molecule has 1 amide bonds. The van der Waals surface area contributed by atoms with Gasteiger partial charge in [0, 0.05) is 24.2 Å². The molecule has 2 atom stereocenters. The fourth-order valence-corrected chi connectivity index (χ4v) is 4.00. The van der Waals surface area contributed by atoms with Gasteiger partial charge in [0.1, 0.15) is 0 Å². The summed E-state index contributed by atoms with van der Waals surface area (Å²) >= 11 is 0. The van der Waals surface area contributed by atoms with E-state index in [2.05, 4.69) is 42.7 Å². The molecular formula is C18H26N2O. The number of anilines is 1. The molecule has 2 heterocycles. The Bertz CT molecular complexity index is 514. The van der Waals surface area contributed by atoms with Crippen LogP contribution in [0.4, 0.5) is 5.69 Å². The number of benzene rings is 1. The molecule has 0 aromatic heterocycles. The number of carbonyl (C=O) groups excluding carboxylic acids is 1. The first-order valence-electron chi connectivity index (χ1n) is 8.30. The molecule has 2 saturated heterocycles. The van der Waals surface area contributed by atoms with E-state index in [1.54, 1.807) is 0 Å². The molecule has 2 bridgehead atoms. The van der Waals surface area contributed by atoms with Gasteiger partial charge in [-0.15, -0.1) is 0 Å². The zero-order chi connectivity index (χ0) is 14.8. The number of carbonyl (C=O) groups is 1. The molecule has 2 aliphatic rings. The highest BCUT2D eigenvalue weighted by molar-refractivity contribution is 5.92. The summed E-state index contributed by atoms with van der Waals surface area (Å²) in [4.78, 5) is 12.4. The van der Waals surface area contributed by atoms with Crippen LogP contribution in [0, 0.1) is 12.8 Å². The minimum absolute atomic E-state index is 0.185. The topological polar surface area (TPSA) is 41.1 Å². The van der Waals surface area contributed by atoms with Crippen molar-refractivity contribution >= 4 is 11.6 Å². The van der Waals surface area contributed by atoms with E-state index in [0.717, 1.165) is 17.7 Å². The van der Waals surface area contributed by atoms with Gasteiger partial charge >= 0.3 is 0 Å². The largest absolute Gasteiger partial charge is 0.326 e.